The smallest absolute Gasteiger partial charge is 0.354 e. The zero-order chi connectivity index (χ0) is 9.94. The molecule has 0 atom stereocenters. The van der Waals surface area contributed by atoms with Crippen LogP contribution in [0.3, 0.4) is 0 Å². The van der Waals surface area contributed by atoms with E-state index in [4.69, 9.17) is 4.74 Å². The Bertz CT molecular complexity index is 189. The van der Waals surface area contributed by atoms with Gasteiger partial charge in [0.2, 0.25) is 0 Å². The standard InChI is InChI=1S/C9H17NO2/c1-7(10(5)6)8(11)12-9(2,3)4/h1H2,2-6H3. The van der Waals surface area contributed by atoms with Crippen LogP contribution in [0.1, 0.15) is 20.8 Å². The first-order valence-corrected chi connectivity index (χ1v) is 3.83. The summed E-state index contributed by atoms with van der Waals surface area (Å²) in [5.41, 5.74) is -0.0827. The molecule has 0 N–H and O–H groups in total. The lowest BCUT2D eigenvalue weighted by Gasteiger charge is -2.22. The van der Waals surface area contributed by atoms with Gasteiger partial charge in [-0.25, -0.2) is 4.79 Å². The third-order valence-electron chi connectivity index (χ3n) is 1.17. The molecule has 3 heteroatoms. The van der Waals surface area contributed by atoms with Gasteiger partial charge in [-0.15, -0.1) is 0 Å². The Morgan fingerprint density at radius 1 is 1.33 bits per heavy atom. The number of ether oxygens (including phenoxy) is 1. The van der Waals surface area contributed by atoms with Gasteiger partial charge in [0, 0.05) is 14.1 Å². The lowest BCUT2D eigenvalue weighted by molar-refractivity contribution is -0.151. The van der Waals surface area contributed by atoms with E-state index in [1.54, 1.807) is 19.0 Å². The van der Waals surface area contributed by atoms with Gasteiger partial charge in [0.1, 0.15) is 11.3 Å². The van der Waals surface area contributed by atoms with Crippen molar-refractivity contribution in [1.29, 1.82) is 0 Å². The van der Waals surface area contributed by atoms with Crippen LogP contribution in [0.2, 0.25) is 0 Å². The minimum absolute atomic E-state index is 0.366. The Hall–Kier alpha value is -0.990. The van der Waals surface area contributed by atoms with E-state index in [1.165, 1.54) is 0 Å². The molecule has 0 aliphatic carbocycles. The molecule has 0 aromatic rings. The first-order valence-electron chi connectivity index (χ1n) is 3.83. The van der Waals surface area contributed by atoms with E-state index in [2.05, 4.69) is 6.58 Å². The molecule has 0 saturated heterocycles. The van der Waals surface area contributed by atoms with Gasteiger partial charge in [0.15, 0.2) is 0 Å². The van der Waals surface area contributed by atoms with E-state index < -0.39 is 5.60 Å². The fraction of sp³-hybridized carbons (Fsp3) is 0.667. The Balaban J connectivity index is 4.15. The molecule has 0 aromatic heterocycles. The first-order chi connectivity index (χ1) is 5.24. The lowest BCUT2D eigenvalue weighted by Crippen LogP contribution is -2.28. The molecular weight excluding hydrogens is 154 g/mol. The van der Waals surface area contributed by atoms with Gasteiger partial charge in [0.25, 0.3) is 0 Å². The van der Waals surface area contributed by atoms with Crippen molar-refractivity contribution < 1.29 is 9.53 Å². The van der Waals surface area contributed by atoms with Gasteiger partial charge in [-0.2, -0.15) is 0 Å². The number of hydrogen-bond donors (Lipinski definition) is 0. The molecule has 0 rings (SSSR count). The number of likely N-dealkylation sites (N-methyl/N-ethyl adjacent to an activating group) is 1. The van der Waals surface area contributed by atoms with E-state index in [0.29, 0.717) is 5.70 Å². The van der Waals surface area contributed by atoms with Crippen molar-refractivity contribution in [2.24, 2.45) is 0 Å². The molecule has 0 fully saturated rings. The highest BCUT2D eigenvalue weighted by atomic mass is 16.6. The lowest BCUT2D eigenvalue weighted by atomic mass is 10.2. The van der Waals surface area contributed by atoms with Crippen LogP contribution in [-0.4, -0.2) is 30.6 Å². The van der Waals surface area contributed by atoms with Crippen molar-refractivity contribution in [2.75, 3.05) is 14.1 Å². The minimum Gasteiger partial charge on any atom is -0.455 e. The fourth-order valence-corrected chi connectivity index (χ4v) is 0.520. The summed E-state index contributed by atoms with van der Waals surface area (Å²) in [6.45, 7) is 9.07. The maximum Gasteiger partial charge on any atom is 0.354 e. The molecule has 0 unspecified atom stereocenters. The number of hydrogen-bond acceptors (Lipinski definition) is 3. The average Bonchev–Trinajstić information content (AvgIpc) is 1.82. The van der Waals surface area contributed by atoms with Gasteiger partial charge < -0.3 is 9.64 Å². The van der Waals surface area contributed by atoms with Crippen LogP contribution in [0.5, 0.6) is 0 Å². The SMILES string of the molecule is C=C(C(=O)OC(C)(C)C)N(C)C. The summed E-state index contributed by atoms with van der Waals surface area (Å²) in [5, 5.41) is 0. The van der Waals surface area contributed by atoms with Gasteiger partial charge in [-0.3, -0.25) is 0 Å². The largest absolute Gasteiger partial charge is 0.455 e. The van der Waals surface area contributed by atoms with Crippen LogP contribution in [0.25, 0.3) is 0 Å². The summed E-state index contributed by atoms with van der Waals surface area (Å²) in [5.74, 6) is -0.368. The molecule has 0 aliphatic rings. The predicted molar refractivity (Wildman–Crippen MR) is 48.7 cm³/mol. The van der Waals surface area contributed by atoms with Crippen molar-refractivity contribution in [3.05, 3.63) is 12.3 Å². The van der Waals surface area contributed by atoms with Crippen molar-refractivity contribution >= 4 is 5.97 Å². The van der Waals surface area contributed by atoms with Gasteiger partial charge >= 0.3 is 5.97 Å². The van der Waals surface area contributed by atoms with Crippen LogP contribution in [0, 0.1) is 0 Å². The summed E-state index contributed by atoms with van der Waals surface area (Å²) in [6.07, 6.45) is 0. The second-order valence-corrected chi connectivity index (χ2v) is 3.84. The molecule has 0 radical (unpaired) electrons. The highest BCUT2D eigenvalue weighted by molar-refractivity contribution is 5.87. The molecule has 0 saturated carbocycles. The number of carbonyl (C=O) groups is 1. The Morgan fingerprint density at radius 2 is 1.75 bits per heavy atom. The van der Waals surface area contributed by atoms with Crippen LogP contribution < -0.4 is 0 Å². The summed E-state index contributed by atoms with van der Waals surface area (Å²) in [7, 11) is 3.51. The normalized spacial score (nSPS) is 10.8. The fourth-order valence-electron chi connectivity index (χ4n) is 0.520. The van der Waals surface area contributed by atoms with E-state index >= 15 is 0 Å². The number of carbonyl (C=O) groups excluding carboxylic acids is 1. The molecule has 0 amide bonds. The van der Waals surface area contributed by atoms with E-state index in [9.17, 15) is 4.79 Å². The zero-order valence-corrected chi connectivity index (χ0v) is 8.47. The van der Waals surface area contributed by atoms with Gasteiger partial charge in [-0.1, -0.05) is 6.58 Å². The highest BCUT2D eigenvalue weighted by Gasteiger charge is 2.19. The predicted octanol–water partition coefficient (Wildman–Crippen LogP) is 1.40. The monoisotopic (exact) mass is 171 g/mol. The van der Waals surface area contributed by atoms with E-state index in [-0.39, 0.29) is 5.97 Å². The van der Waals surface area contributed by atoms with Crippen LogP contribution in [0.4, 0.5) is 0 Å². The van der Waals surface area contributed by atoms with Crippen molar-refractivity contribution in [2.45, 2.75) is 26.4 Å². The second kappa shape index (κ2) is 3.61. The molecule has 0 aliphatic heterocycles. The molecule has 70 valence electrons. The molecule has 0 bridgehead atoms. The molecule has 12 heavy (non-hydrogen) atoms. The van der Waals surface area contributed by atoms with Crippen LogP contribution in [0.15, 0.2) is 12.3 Å². The maximum absolute atomic E-state index is 11.2. The Kier molecular flexibility index (Phi) is 3.31. The first kappa shape index (κ1) is 11.0. The average molecular weight is 171 g/mol. The molecule has 0 aromatic carbocycles. The topological polar surface area (TPSA) is 29.5 Å². The second-order valence-electron chi connectivity index (χ2n) is 3.84. The van der Waals surface area contributed by atoms with Gasteiger partial charge in [-0.05, 0) is 20.8 Å². The molecule has 3 nitrogen and oxygen atoms in total. The summed E-state index contributed by atoms with van der Waals surface area (Å²) in [6, 6.07) is 0. The molecular formula is C9H17NO2. The van der Waals surface area contributed by atoms with Gasteiger partial charge in [0.05, 0.1) is 0 Å². The number of esters is 1. The van der Waals surface area contributed by atoms with Crippen molar-refractivity contribution in [3.63, 3.8) is 0 Å². The highest BCUT2D eigenvalue weighted by Crippen LogP contribution is 2.10. The molecule has 0 spiro atoms. The number of nitrogens with zero attached hydrogens (tertiary/aromatic N) is 1. The maximum atomic E-state index is 11.2. The summed E-state index contributed by atoms with van der Waals surface area (Å²) in [4.78, 5) is 12.9. The molecule has 0 heterocycles. The summed E-state index contributed by atoms with van der Waals surface area (Å²) >= 11 is 0. The third kappa shape index (κ3) is 4.01. The Labute approximate surface area is 74.0 Å². The van der Waals surface area contributed by atoms with Crippen LogP contribution in [-0.2, 0) is 9.53 Å². The van der Waals surface area contributed by atoms with Crippen LogP contribution >= 0.6 is 0 Å². The zero-order valence-electron chi connectivity index (χ0n) is 8.47. The third-order valence-corrected chi connectivity index (χ3v) is 1.17. The quantitative estimate of drug-likeness (QED) is 0.464. The summed E-state index contributed by atoms with van der Waals surface area (Å²) < 4.78 is 5.08. The van der Waals surface area contributed by atoms with Crippen molar-refractivity contribution in [3.8, 4) is 0 Å². The minimum atomic E-state index is -0.448. The van der Waals surface area contributed by atoms with Crippen molar-refractivity contribution in [1.82, 2.24) is 4.90 Å². The van der Waals surface area contributed by atoms with E-state index in [1.807, 2.05) is 20.8 Å². The number of rotatable bonds is 2. The Morgan fingerprint density at radius 3 is 2.00 bits per heavy atom. The van der Waals surface area contributed by atoms with E-state index in [0.717, 1.165) is 0 Å².